The zero-order chi connectivity index (χ0) is 43.8. The molecule has 326 valence electrons. The van der Waals surface area contributed by atoms with Gasteiger partial charge in [-0.1, -0.05) is 50.2 Å². The van der Waals surface area contributed by atoms with Crippen molar-refractivity contribution in [1.29, 1.82) is 0 Å². The third-order valence-corrected chi connectivity index (χ3v) is 12.8. The van der Waals surface area contributed by atoms with E-state index < -0.39 is 0 Å². The molecule has 6 aromatic rings. The molecule has 3 amide bonds. The Kier molecular flexibility index (Phi) is 11.5. The fraction of sp³-hybridized carbons (Fsp3) is 0.417. The number of rotatable bonds is 10. The molecule has 15 heteroatoms. The van der Waals surface area contributed by atoms with Crippen LogP contribution in [0.5, 0.6) is 0 Å². The molecule has 63 heavy (non-hydrogen) atoms. The number of nitrogens with one attached hydrogen (secondary N) is 3. The molecule has 3 fully saturated rings. The normalized spacial score (nSPS) is 18.5. The van der Waals surface area contributed by atoms with Crippen molar-refractivity contribution in [2.24, 2.45) is 5.92 Å². The Labute approximate surface area is 367 Å². The Morgan fingerprint density at radius 3 is 2.32 bits per heavy atom. The van der Waals surface area contributed by atoms with Gasteiger partial charge in [0.25, 0.3) is 11.7 Å². The Bertz CT molecular complexity index is 2620. The number of fused-ring (bicyclic) bond motifs is 1. The zero-order valence-electron chi connectivity index (χ0n) is 36.6. The summed E-state index contributed by atoms with van der Waals surface area (Å²) in [7, 11) is 0. The molecule has 9 rings (SSSR count). The van der Waals surface area contributed by atoms with E-state index in [1.165, 1.54) is 5.69 Å². The number of amides is 3. The molecule has 3 aliphatic rings. The van der Waals surface area contributed by atoms with Crippen molar-refractivity contribution in [2.75, 3.05) is 55.6 Å². The van der Waals surface area contributed by atoms with Crippen molar-refractivity contribution in [1.82, 2.24) is 45.6 Å². The highest BCUT2D eigenvalue weighted by Gasteiger charge is 2.29. The highest BCUT2D eigenvalue weighted by molar-refractivity contribution is 6.01. The van der Waals surface area contributed by atoms with E-state index in [0.717, 1.165) is 115 Å². The number of pyridine rings is 1. The minimum absolute atomic E-state index is 0.0196. The number of carbonyl (C=O) groups excluding carboxylic acids is 3. The number of hydrogen-bond donors (Lipinski definition) is 3. The summed E-state index contributed by atoms with van der Waals surface area (Å²) in [5.41, 5.74) is 9.16. The number of piperazine rings is 1. The summed E-state index contributed by atoms with van der Waals surface area (Å²) in [6.07, 6.45) is 6.85. The van der Waals surface area contributed by atoms with Crippen LogP contribution in [0.15, 0.2) is 77.7 Å². The molecule has 7 heterocycles. The van der Waals surface area contributed by atoms with Gasteiger partial charge in [-0.2, -0.15) is 4.98 Å². The molecule has 3 saturated heterocycles. The predicted molar refractivity (Wildman–Crippen MR) is 241 cm³/mol. The quantitative estimate of drug-likeness (QED) is 0.124. The molecule has 15 nitrogen and oxygen atoms in total. The summed E-state index contributed by atoms with van der Waals surface area (Å²) in [5.74, 6) is 0.117. The summed E-state index contributed by atoms with van der Waals surface area (Å²) in [6, 6.07) is 20.5. The van der Waals surface area contributed by atoms with Gasteiger partial charge < -0.3 is 24.6 Å². The van der Waals surface area contributed by atoms with Crippen LogP contribution in [0.4, 0.5) is 11.4 Å². The van der Waals surface area contributed by atoms with Crippen LogP contribution in [0.2, 0.25) is 0 Å². The first kappa shape index (κ1) is 41.9. The maximum atomic E-state index is 13.0. The van der Waals surface area contributed by atoms with Gasteiger partial charge in [0, 0.05) is 74.3 Å². The third kappa shape index (κ3) is 9.06. The first-order chi connectivity index (χ1) is 30.4. The van der Waals surface area contributed by atoms with Crippen molar-refractivity contribution >= 4 is 40.1 Å². The Hall–Kier alpha value is -6.48. The smallest absolute Gasteiger partial charge is 0.293 e. The molecule has 2 atom stereocenters. The molecule has 3 N–H and O–H groups in total. The van der Waals surface area contributed by atoms with Crippen LogP contribution < -0.4 is 20.4 Å². The second-order valence-corrected chi connectivity index (χ2v) is 18.3. The van der Waals surface area contributed by atoms with E-state index in [2.05, 4.69) is 99.0 Å². The zero-order valence-corrected chi connectivity index (χ0v) is 36.6. The summed E-state index contributed by atoms with van der Waals surface area (Å²) in [4.78, 5) is 66.2. The highest BCUT2D eigenvalue weighted by atomic mass is 16.5. The maximum Gasteiger partial charge on any atom is 0.293 e. The van der Waals surface area contributed by atoms with Crippen LogP contribution in [-0.4, -0.2) is 98.5 Å². The second kappa shape index (κ2) is 17.4. The minimum Gasteiger partial charge on any atom is -0.372 e. The molecule has 0 aliphatic carbocycles. The number of aromatic nitrogens is 6. The van der Waals surface area contributed by atoms with Crippen molar-refractivity contribution < 1.29 is 18.9 Å². The lowest BCUT2D eigenvalue weighted by atomic mass is 9.90. The number of aromatic amines is 1. The fourth-order valence-electron chi connectivity index (χ4n) is 9.17. The highest BCUT2D eigenvalue weighted by Crippen LogP contribution is 2.33. The average Bonchev–Trinajstić information content (AvgIpc) is 3.97. The second-order valence-electron chi connectivity index (χ2n) is 18.3. The van der Waals surface area contributed by atoms with Crippen molar-refractivity contribution in [3.8, 4) is 22.6 Å². The number of nitrogens with zero attached hydrogens (tertiary/aromatic N) is 8. The first-order valence-electron chi connectivity index (χ1n) is 22.1. The molecule has 1 unspecified atom stereocenters. The van der Waals surface area contributed by atoms with Crippen LogP contribution in [0, 0.1) is 12.8 Å². The van der Waals surface area contributed by atoms with Crippen molar-refractivity contribution in [2.45, 2.75) is 77.7 Å². The maximum absolute atomic E-state index is 13.0. The van der Waals surface area contributed by atoms with E-state index in [9.17, 15) is 14.4 Å². The van der Waals surface area contributed by atoms with E-state index >= 15 is 0 Å². The van der Waals surface area contributed by atoms with Crippen molar-refractivity contribution in [3.63, 3.8) is 0 Å². The van der Waals surface area contributed by atoms with E-state index in [-0.39, 0.29) is 40.9 Å². The number of aryl methyl sites for hydroxylation is 1. The topological polar surface area (TPSA) is 178 Å². The predicted octanol–water partition coefficient (Wildman–Crippen LogP) is 6.73. The van der Waals surface area contributed by atoms with Gasteiger partial charge in [0.15, 0.2) is 0 Å². The largest absolute Gasteiger partial charge is 0.372 e. The van der Waals surface area contributed by atoms with E-state index in [4.69, 9.17) is 9.51 Å². The monoisotopic (exact) mass is 849 g/mol. The van der Waals surface area contributed by atoms with Crippen LogP contribution in [0.3, 0.4) is 0 Å². The van der Waals surface area contributed by atoms with Gasteiger partial charge in [-0.3, -0.25) is 29.6 Å². The van der Waals surface area contributed by atoms with Gasteiger partial charge in [0.2, 0.25) is 17.7 Å². The van der Waals surface area contributed by atoms with Crippen LogP contribution >= 0.6 is 0 Å². The van der Waals surface area contributed by atoms with Crippen molar-refractivity contribution in [3.05, 3.63) is 102 Å². The van der Waals surface area contributed by atoms with Gasteiger partial charge in [0.1, 0.15) is 12.0 Å². The lowest BCUT2D eigenvalue weighted by molar-refractivity contribution is -0.134. The number of imide groups is 1. The SMILES string of the molecule is Cc1cc(-c2ncnc3[nH]c(-c4ccc(N5CCN(CC6CCN(c7ccc(C8CCC(=O)NC8=O)cc7)CC6)CC5)cn4)cc23)ccc1[C@@H](C)NC(=O)c1noc(C(C)(C)C)n1. The summed E-state index contributed by atoms with van der Waals surface area (Å²) in [6.45, 7) is 17.0. The van der Waals surface area contributed by atoms with Gasteiger partial charge in [0.05, 0.1) is 40.9 Å². The molecule has 3 aliphatic heterocycles. The summed E-state index contributed by atoms with van der Waals surface area (Å²) in [5, 5.41) is 10.3. The third-order valence-electron chi connectivity index (χ3n) is 12.8. The fourth-order valence-corrected chi connectivity index (χ4v) is 9.17. The molecule has 0 radical (unpaired) electrons. The van der Waals surface area contributed by atoms with Crippen LogP contribution in [-0.2, 0) is 15.0 Å². The molecular weight excluding hydrogens is 795 g/mol. The summed E-state index contributed by atoms with van der Waals surface area (Å²) < 4.78 is 5.31. The van der Waals surface area contributed by atoms with E-state index in [1.54, 1.807) is 6.33 Å². The summed E-state index contributed by atoms with van der Waals surface area (Å²) >= 11 is 0. The minimum atomic E-state index is -0.387. The number of piperidine rings is 2. The van der Waals surface area contributed by atoms with Gasteiger partial charge in [-0.25, -0.2) is 9.97 Å². The Balaban J connectivity index is 0.768. The molecule has 2 aromatic carbocycles. The van der Waals surface area contributed by atoms with Gasteiger partial charge in [-0.05, 0) is 92.1 Å². The Morgan fingerprint density at radius 1 is 0.889 bits per heavy atom. The molecule has 0 saturated carbocycles. The van der Waals surface area contributed by atoms with E-state index in [0.29, 0.717) is 24.7 Å². The molecule has 4 aromatic heterocycles. The van der Waals surface area contributed by atoms with Gasteiger partial charge >= 0.3 is 0 Å². The molecular formula is C48H55N11O4. The number of anilines is 2. The standard InChI is InChI=1S/C48H55N11O4/c1-29-24-33(8-12-36(29)30(2)52-46(62)44-55-47(63-56-44)48(3,4)5)42-38-25-40(53-43(38)51-28-50-42)39-14-11-35(26-49-39)59-22-20-57(21-23-59)27-31-16-18-58(19-17-31)34-9-6-32(7-10-34)37-13-15-41(60)54-45(37)61/h6-12,14,24-26,28,30-31,37H,13,15-23,27H2,1-5H3,(H,52,62)(H,50,51,53)(H,54,60,61)/t30-,37?/m1/s1. The van der Waals surface area contributed by atoms with Crippen LogP contribution in [0.25, 0.3) is 33.7 Å². The lowest BCUT2D eigenvalue weighted by Gasteiger charge is -2.40. The first-order valence-corrected chi connectivity index (χ1v) is 22.1. The van der Waals surface area contributed by atoms with Gasteiger partial charge in [-0.15, -0.1) is 0 Å². The van der Waals surface area contributed by atoms with E-state index in [1.807, 2.05) is 52.9 Å². The average molecular weight is 850 g/mol. The number of hydrogen-bond acceptors (Lipinski definition) is 12. The lowest BCUT2D eigenvalue weighted by Crippen LogP contribution is -2.49. The number of H-pyrrole nitrogens is 1. The Morgan fingerprint density at radius 2 is 1.63 bits per heavy atom. The van der Waals surface area contributed by atoms with Crippen LogP contribution in [0.1, 0.15) is 98.5 Å². The number of carbonyl (C=O) groups is 3. The number of benzene rings is 2. The molecule has 0 spiro atoms. The molecule has 0 bridgehead atoms.